The zero-order chi connectivity index (χ0) is 18.4. The summed E-state index contributed by atoms with van der Waals surface area (Å²) in [6.07, 6.45) is 3.71. The van der Waals surface area contributed by atoms with Crippen LogP contribution in [0.25, 0.3) is 0 Å². The number of rotatable bonds is 6. The van der Waals surface area contributed by atoms with Crippen molar-refractivity contribution in [2.75, 3.05) is 25.0 Å². The number of nitrogens with zero attached hydrogens (tertiary/aromatic N) is 4. The molecule has 1 aromatic heterocycles. The molecule has 0 aliphatic carbocycles. The highest BCUT2D eigenvalue weighted by Gasteiger charge is 2.23. The van der Waals surface area contributed by atoms with Crippen molar-refractivity contribution in [3.63, 3.8) is 0 Å². The summed E-state index contributed by atoms with van der Waals surface area (Å²) in [5.41, 5.74) is 2.77. The van der Waals surface area contributed by atoms with Crippen molar-refractivity contribution in [3.05, 3.63) is 47.3 Å². The minimum atomic E-state index is 0.132. The molecule has 1 aromatic carbocycles. The summed E-state index contributed by atoms with van der Waals surface area (Å²) < 4.78 is 0. The predicted molar refractivity (Wildman–Crippen MR) is 102 cm³/mol. The van der Waals surface area contributed by atoms with Crippen molar-refractivity contribution in [3.8, 4) is 0 Å². The Labute approximate surface area is 155 Å². The molecule has 1 aliphatic heterocycles. The molecule has 1 aliphatic rings. The number of likely N-dealkylation sites (tertiary alicyclic amines) is 1. The van der Waals surface area contributed by atoms with Gasteiger partial charge in [0.1, 0.15) is 0 Å². The molecule has 1 N–H and O–H groups in total. The Kier molecular flexibility index (Phi) is 6.15. The van der Waals surface area contributed by atoms with Gasteiger partial charge in [-0.25, -0.2) is 4.98 Å². The van der Waals surface area contributed by atoms with E-state index in [-0.39, 0.29) is 5.91 Å². The molecule has 1 fully saturated rings. The second-order valence-corrected chi connectivity index (χ2v) is 6.72. The molecule has 6 nitrogen and oxygen atoms in total. The van der Waals surface area contributed by atoms with Crippen LogP contribution in [0.5, 0.6) is 0 Å². The van der Waals surface area contributed by atoms with Crippen molar-refractivity contribution in [1.82, 2.24) is 20.1 Å². The lowest BCUT2D eigenvalue weighted by molar-refractivity contribution is 0.0695. The Hall–Kier alpha value is -2.50. The molecule has 0 radical (unpaired) electrons. The fraction of sp³-hybridized carbons (Fsp3) is 0.500. The number of piperidine rings is 1. The Morgan fingerprint density at radius 1 is 1.08 bits per heavy atom. The molecule has 2 heterocycles. The van der Waals surface area contributed by atoms with E-state index in [4.69, 9.17) is 0 Å². The molecule has 26 heavy (non-hydrogen) atoms. The zero-order valence-corrected chi connectivity index (χ0v) is 15.6. The number of anilines is 1. The van der Waals surface area contributed by atoms with Gasteiger partial charge in [0, 0.05) is 25.2 Å². The van der Waals surface area contributed by atoms with Gasteiger partial charge in [-0.2, -0.15) is 5.10 Å². The Bertz CT molecular complexity index is 726. The van der Waals surface area contributed by atoms with Gasteiger partial charge in [-0.05, 0) is 43.7 Å². The van der Waals surface area contributed by atoms with Crippen LogP contribution in [0.15, 0.2) is 30.3 Å². The van der Waals surface area contributed by atoms with E-state index in [1.807, 2.05) is 35.2 Å². The number of hydrogen-bond donors (Lipinski definition) is 1. The largest absolute Gasteiger partial charge is 0.353 e. The third-order valence-electron chi connectivity index (χ3n) is 4.98. The highest BCUT2D eigenvalue weighted by Crippen LogP contribution is 2.19. The minimum absolute atomic E-state index is 0.132. The molecule has 1 saturated heterocycles. The van der Waals surface area contributed by atoms with E-state index in [9.17, 15) is 4.79 Å². The average molecular weight is 353 g/mol. The van der Waals surface area contributed by atoms with Crippen LogP contribution in [-0.2, 0) is 12.8 Å². The van der Waals surface area contributed by atoms with E-state index in [1.165, 1.54) is 0 Å². The number of benzene rings is 1. The van der Waals surface area contributed by atoms with Gasteiger partial charge in [-0.15, -0.1) is 5.10 Å². The van der Waals surface area contributed by atoms with Crippen LogP contribution < -0.4 is 5.32 Å². The SMILES string of the molecule is CCc1nnc(NCC2CCN(C(=O)c3ccccc3)CC2)nc1CC. The number of carbonyl (C=O) groups is 1. The van der Waals surface area contributed by atoms with Crippen LogP contribution in [0.1, 0.15) is 48.4 Å². The van der Waals surface area contributed by atoms with Crippen molar-refractivity contribution >= 4 is 11.9 Å². The second kappa shape index (κ2) is 8.74. The van der Waals surface area contributed by atoms with E-state index in [1.54, 1.807) is 0 Å². The fourth-order valence-electron chi connectivity index (χ4n) is 3.35. The summed E-state index contributed by atoms with van der Waals surface area (Å²) >= 11 is 0. The molecule has 2 aromatic rings. The molecular formula is C20H27N5O. The average Bonchev–Trinajstić information content (AvgIpc) is 2.72. The van der Waals surface area contributed by atoms with E-state index in [0.29, 0.717) is 11.9 Å². The van der Waals surface area contributed by atoms with E-state index in [2.05, 4.69) is 34.3 Å². The number of nitrogens with one attached hydrogen (secondary N) is 1. The molecule has 0 bridgehead atoms. The molecule has 3 rings (SSSR count). The van der Waals surface area contributed by atoms with Gasteiger partial charge in [0.05, 0.1) is 11.4 Å². The molecule has 1 amide bonds. The molecule has 0 atom stereocenters. The number of hydrogen-bond acceptors (Lipinski definition) is 5. The first kappa shape index (κ1) is 18.3. The Morgan fingerprint density at radius 3 is 2.42 bits per heavy atom. The lowest BCUT2D eigenvalue weighted by atomic mass is 9.96. The van der Waals surface area contributed by atoms with Crippen molar-refractivity contribution in [2.45, 2.75) is 39.5 Å². The number of aromatic nitrogens is 3. The number of aryl methyl sites for hydroxylation is 2. The summed E-state index contributed by atoms with van der Waals surface area (Å²) in [6, 6.07) is 9.51. The van der Waals surface area contributed by atoms with Gasteiger partial charge in [-0.3, -0.25) is 4.79 Å². The Balaban J connectivity index is 1.49. The van der Waals surface area contributed by atoms with Gasteiger partial charge in [0.2, 0.25) is 5.95 Å². The van der Waals surface area contributed by atoms with Gasteiger partial charge in [-0.1, -0.05) is 32.0 Å². The van der Waals surface area contributed by atoms with Crippen LogP contribution in [0.2, 0.25) is 0 Å². The quantitative estimate of drug-likeness (QED) is 0.864. The van der Waals surface area contributed by atoms with Gasteiger partial charge >= 0.3 is 0 Å². The van der Waals surface area contributed by atoms with Crippen LogP contribution in [0.4, 0.5) is 5.95 Å². The number of carbonyl (C=O) groups excluding carboxylic acids is 1. The Morgan fingerprint density at radius 2 is 1.77 bits per heavy atom. The van der Waals surface area contributed by atoms with Gasteiger partial charge < -0.3 is 10.2 Å². The third kappa shape index (κ3) is 4.36. The highest BCUT2D eigenvalue weighted by molar-refractivity contribution is 5.94. The maximum Gasteiger partial charge on any atom is 0.253 e. The lowest BCUT2D eigenvalue weighted by Gasteiger charge is -2.32. The first-order valence-corrected chi connectivity index (χ1v) is 9.51. The summed E-state index contributed by atoms with van der Waals surface area (Å²) in [4.78, 5) is 19.0. The maximum absolute atomic E-state index is 12.5. The van der Waals surface area contributed by atoms with Crippen LogP contribution in [-0.4, -0.2) is 45.6 Å². The summed E-state index contributed by atoms with van der Waals surface area (Å²) in [5, 5.41) is 11.8. The molecule has 6 heteroatoms. The van der Waals surface area contributed by atoms with E-state index >= 15 is 0 Å². The smallest absolute Gasteiger partial charge is 0.253 e. The van der Waals surface area contributed by atoms with Crippen LogP contribution in [0.3, 0.4) is 0 Å². The predicted octanol–water partition coefficient (Wildman–Crippen LogP) is 2.96. The number of amides is 1. The van der Waals surface area contributed by atoms with Gasteiger partial charge in [0.25, 0.3) is 5.91 Å². The van der Waals surface area contributed by atoms with E-state index in [0.717, 1.165) is 62.3 Å². The maximum atomic E-state index is 12.5. The monoisotopic (exact) mass is 353 g/mol. The first-order valence-electron chi connectivity index (χ1n) is 9.51. The van der Waals surface area contributed by atoms with Crippen molar-refractivity contribution < 1.29 is 4.79 Å². The summed E-state index contributed by atoms with van der Waals surface area (Å²) in [5.74, 6) is 1.27. The highest BCUT2D eigenvalue weighted by atomic mass is 16.2. The lowest BCUT2D eigenvalue weighted by Crippen LogP contribution is -2.40. The molecular weight excluding hydrogens is 326 g/mol. The van der Waals surface area contributed by atoms with E-state index < -0.39 is 0 Å². The van der Waals surface area contributed by atoms with Gasteiger partial charge in [0.15, 0.2) is 0 Å². The van der Waals surface area contributed by atoms with Crippen LogP contribution in [0, 0.1) is 5.92 Å². The standard InChI is InChI=1S/C20H27N5O/c1-3-17-18(4-2)23-24-20(22-17)21-14-15-10-12-25(13-11-15)19(26)16-8-6-5-7-9-16/h5-9,15H,3-4,10-14H2,1-2H3,(H,21,22,24). The molecule has 0 unspecified atom stereocenters. The topological polar surface area (TPSA) is 71.0 Å². The summed E-state index contributed by atoms with van der Waals surface area (Å²) in [6.45, 7) is 6.58. The first-order chi connectivity index (χ1) is 12.7. The fourth-order valence-corrected chi connectivity index (χ4v) is 3.35. The zero-order valence-electron chi connectivity index (χ0n) is 15.6. The molecule has 138 valence electrons. The van der Waals surface area contributed by atoms with Crippen molar-refractivity contribution in [2.24, 2.45) is 5.92 Å². The van der Waals surface area contributed by atoms with Crippen LogP contribution >= 0.6 is 0 Å². The normalized spacial score (nSPS) is 15.1. The summed E-state index contributed by atoms with van der Waals surface area (Å²) in [7, 11) is 0. The third-order valence-corrected chi connectivity index (χ3v) is 4.98. The van der Waals surface area contributed by atoms with Crippen molar-refractivity contribution in [1.29, 1.82) is 0 Å². The second-order valence-electron chi connectivity index (χ2n) is 6.72. The molecule has 0 saturated carbocycles. The minimum Gasteiger partial charge on any atom is -0.353 e. The molecule has 0 spiro atoms.